The molecule has 0 aliphatic heterocycles. The molecule has 0 spiro atoms. The molecule has 1 aromatic heterocycles. The molecule has 1 heterocycles. The summed E-state index contributed by atoms with van der Waals surface area (Å²) >= 11 is 0. The number of nitrogens with one attached hydrogen (secondary N) is 1. The molecule has 22 heavy (non-hydrogen) atoms. The van der Waals surface area contributed by atoms with Crippen LogP contribution in [0.15, 0.2) is 47.1 Å². The maximum atomic E-state index is 12.0. The maximum Gasteiger partial charge on any atom is 0.374 e. The molecule has 1 unspecified atom stereocenters. The van der Waals surface area contributed by atoms with Crippen molar-refractivity contribution in [2.45, 2.75) is 25.3 Å². The second-order valence-corrected chi connectivity index (χ2v) is 5.26. The number of carbonyl (C=O) groups excluding carboxylic acids is 2. The monoisotopic (exact) mass is 299 g/mol. The average molecular weight is 299 g/mol. The highest BCUT2D eigenvalue weighted by molar-refractivity contribution is 5.88. The van der Waals surface area contributed by atoms with Crippen LogP contribution in [0, 0.1) is 0 Å². The van der Waals surface area contributed by atoms with Gasteiger partial charge < -0.3 is 14.5 Å². The number of benzene rings is 1. The molecular formula is C17H17NO4. The summed E-state index contributed by atoms with van der Waals surface area (Å²) < 4.78 is 9.85. The number of rotatable bonds is 4. The van der Waals surface area contributed by atoms with Gasteiger partial charge in [-0.1, -0.05) is 24.3 Å². The minimum atomic E-state index is -0.635. The molecule has 0 saturated carbocycles. The predicted octanol–water partition coefficient (Wildman–Crippen LogP) is 2.63. The molecule has 0 fully saturated rings. The van der Waals surface area contributed by atoms with Crippen molar-refractivity contribution in [2.24, 2.45) is 0 Å². The Balaban J connectivity index is 1.55. The molecule has 1 amide bonds. The van der Waals surface area contributed by atoms with Crippen LogP contribution in [0.5, 0.6) is 0 Å². The third-order valence-corrected chi connectivity index (χ3v) is 3.76. The molecule has 0 radical (unpaired) electrons. The van der Waals surface area contributed by atoms with Crippen molar-refractivity contribution in [1.29, 1.82) is 0 Å². The van der Waals surface area contributed by atoms with Crippen LogP contribution in [0.25, 0.3) is 0 Å². The number of amides is 1. The van der Waals surface area contributed by atoms with Gasteiger partial charge in [0, 0.05) is 0 Å². The minimum absolute atomic E-state index is 0.0141. The molecule has 0 bridgehead atoms. The van der Waals surface area contributed by atoms with E-state index in [9.17, 15) is 9.59 Å². The fourth-order valence-electron chi connectivity index (χ4n) is 2.74. The van der Waals surface area contributed by atoms with E-state index in [1.165, 1.54) is 17.9 Å². The third-order valence-electron chi connectivity index (χ3n) is 3.76. The van der Waals surface area contributed by atoms with Crippen molar-refractivity contribution < 1.29 is 18.7 Å². The number of ether oxygens (including phenoxy) is 1. The highest BCUT2D eigenvalue weighted by atomic mass is 16.5. The van der Waals surface area contributed by atoms with Gasteiger partial charge in [0.05, 0.1) is 12.3 Å². The lowest BCUT2D eigenvalue weighted by Crippen LogP contribution is -2.34. The second-order valence-electron chi connectivity index (χ2n) is 5.26. The lowest BCUT2D eigenvalue weighted by Gasteiger charge is -2.26. The molecule has 114 valence electrons. The van der Waals surface area contributed by atoms with Gasteiger partial charge in [-0.05, 0) is 42.5 Å². The SMILES string of the molecule is O=C(COC(=O)c1ccco1)NC1CCCc2ccccc21. The lowest BCUT2D eigenvalue weighted by atomic mass is 9.88. The first kappa shape index (κ1) is 14.4. The topological polar surface area (TPSA) is 68.5 Å². The summed E-state index contributed by atoms with van der Waals surface area (Å²) in [7, 11) is 0. The Kier molecular flexibility index (Phi) is 4.23. The summed E-state index contributed by atoms with van der Waals surface area (Å²) in [6.07, 6.45) is 4.36. The van der Waals surface area contributed by atoms with Crippen molar-refractivity contribution in [3.63, 3.8) is 0 Å². The average Bonchev–Trinajstić information content (AvgIpc) is 3.07. The number of furan rings is 1. The van der Waals surface area contributed by atoms with Crippen LogP contribution in [-0.2, 0) is 16.0 Å². The lowest BCUT2D eigenvalue weighted by molar-refractivity contribution is -0.125. The molecule has 5 heteroatoms. The first-order chi connectivity index (χ1) is 10.7. The fourth-order valence-corrected chi connectivity index (χ4v) is 2.74. The number of carbonyl (C=O) groups is 2. The Morgan fingerprint density at radius 1 is 1.23 bits per heavy atom. The summed E-state index contributed by atoms with van der Waals surface area (Å²) in [4.78, 5) is 23.6. The first-order valence-electron chi connectivity index (χ1n) is 7.32. The normalized spacial score (nSPS) is 16.6. The van der Waals surface area contributed by atoms with Gasteiger partial charge in [-0.3, -0.25) is 4.79 Å². The van der Waals surface area contributed by atoms with E-state index in [1.54, 1.807) is 6.07 Å². The number of hydrogen-bond donors (Lipinski definition) is 1. The summed E-state index contributed by atoms with van der Waals surface area (Å²) in [5.41, 5.74) is 2.42. The molecule has 1 aromatic carbocycles. The van der Waals surface area contributed by atoms with Crippen molar-refractivity contribution in [1.82, 2.24) is 5.32 Å². The molecule has 2 aromatic rings. The van der Waals surface area contributed by atoms with Crippen LogP contribution >= 0.6 is 0 Å². The largest absolute Gasteiger partial charge is 0.457 e. The van der Waals surface area contributed by atoms with Gasteiger partial charge in [-0.15, -0.1) is 0 Å². The number of fused-ring (bicyclic) bond motifs is 1. The number of aryl methyl sites for hydroxylation is 1. The van der Waals surface area contributed by atoms with Crippen LogP contribution in [0.1, 0.15) is 40.6 Å². The van der Waals surface area contributed by atoms with E-state index in [-0.39, 0.29) is 24.3 Å². The molecule has 1 aliphatic rings. The Bertz CT molecular complexity index is 663. The Labute approximate surface area is 128 Å². The van der Waals surface area contributed by atoms with Gasteiger partial charge in [0.25, 0.3) is 5.91 Å². The Hall–Kier alpha value is -2.56. The summed E-state index contributed by atoms with van der Waals surface area (Å²) in [6, 6.07) is 11.2. The smallest absolute Gasteiger partial charge is 0.374 e. The molecule has 1 N–H and O–H groups in total. The van der Waals surface area contributed by atoms with Crippen molar-refractivity contribution in [3.8, 4) is 0 Å². The van der Waals surface area contributed by atoms with E-state index in [2.05, 4.69) is 11.4 Å². The minimum Gasteiger partial charge on any atom is -0.457 e. The summed E-state index contributed by atoms with van der Waals surface area (Å²) in [5.74, 6) is -0.846. The van der Waals surface area contributed by atoms with Gasteiger partial charge in [-0.25, -0.2) is 4.79 Å². The van der Waals surface area contributed by atoms with Crippen LogP contribution in [0.4, 0.5) is 0 Å². The van der Waals surface area contributed by atoms with Gasteiger partial charge in [-0.2, -0.15) is 0 Å². The van der Waals surface area contributed by atoms with E-state index in [0.29, 0.717) is 0 Å². The third kappa shape index (κ3) is 3.19. The Morgan fingerprint density at radius 3 is 2.91 bits per heavy atom. The highest BCUT2D eigenvalue weighted by Crippen LogP contribution is 2.29. The van der Waals surface area contributed by atoms with Gasteiger partial charge in [0.15, 0.2) is 6.61 Å². The highest BCUT2D eigenvalue weighted by Gasteiger charge is 2.22. The van der Waals surface area contributed by atoms with E-state index in [0.717, 1.165) is 24.8 Å². The summed E-state index contributed by atoms with van der Waals surface area (Å²) in [5, 5.41) is 2.93. The maximum absolute atomic E-state index is 12.0. The van der Waals surface area contributed by atoms with Crippen LogP contribution in [0.3, 0.4) is 0 Å². The fraction of sp³-hybridized carbons (Fsp3) is 0.294. The van der Waals surface area contributed by atoms with Crippen LogP contribution in [0.2, 0.25) is 0 Å². The van der Waals surface area contributed by atoms with Crippen LogP contribution < -0.4 is 5.32 Å². The van der Waals surface area contributed by atoms with E-state index in [4.69, 9.17) is 9.15 Å². The zero-order valence-electron chi connectivity index (χ0n) is 12.1. The van der Waals surface area contributed by atoms with Gasteiger partial charge in [0.2, 0.25) is 5.76 Å². The van der Waals surface area contributed by atoms with Crippen molar-refractivity contribution >= 4 is 11.9 Å². The molecule has 5 nitrogen and oxygen atoms in total. The number of esters is 1. The summed E-state index contributed by atoms with van der Waals surface area (Å²) in [6.45, 7) is -0.307. The van der Waals surface area contributed by atoms with Crippen molar-refractivity contribution in [2.75, 3.05) is 6.61 Å². The molecule has 1 aliphatic carbocycles. The molecule has 3 rings (SSSR count). The zero-order valence-corrected chi connectivity index (χ0v) is 12.1. The van der Waals surface area contributed by atoms with Crippen molar-refractivity contribution in [3.05, 3.63) is 59.5 Å². The second kappa shape index (κ2) is 6.47. The molecular weight excluding hydrogens is 282 g/mol. The first-order valence-corrected chi connectivity index (χ1v) is 7.32. The molecule has 1 atom stereocenters. The van der Waals surface area contributed by atoms with E-state index < -0.39 is 5.97 Å². The predicted molar refractivity (Wildman–Crippen MR) is 79.3 cm³/mol. The van der Waals surface area contributed by atoms with Crippen LogP contribution in [-0.4, -0.2) is 18.5 Å². The standard InChI is InChI=1S/C17H17NO4/c19-16(11-22-17(20)15-9-4-10-21-15)18-14-8-3-6-12-5-1-2-7-13(12)14/h1-2,4-5,7,9-10,14H,3,6,8,11H2,(H,18,19). The number of hydrogen-bond acceptors (Lipinski definition) is 4. The van der Waals surface area contributed by atoms with E-state index in [1.807, 2.05) is 18.2 Å². The van der Waals surface area contributed by atoms with Gasteiger partial charge in [0.1, 0.15) is 0 Å². The molecule has 0 saturated heterocycles. The van der Waals surface area contributed by atoms with Gasteiger partial charge >= 0.3 is 5.97 Å². The quantitative estimate of drug-likeness (QED) is 0.881. The Morgan fingerprint density at radius 2 is 2.09 bits per heavy atom. The van der Waals surface area contributed by atoms with E-state index >= 15 is 0 Å². The zero-order chi connectivity index (χ0) is 15.4.